The van der Waals surface area contributed by atoms with Gasteiger partial charge in [0.25, 0.3) is 11.8 Å². The molecule has 0 saturated heterocycles. The summed E-state index contributed by atoms with van der Waals surface area (Å²) in [5.74, 6) is -1.07. The number of carbonyl (C=O) groups is 4. The van der Waals surface area contributed by atoms with Gasteiger partial charge in [0, 0.05) is 61.1 Å². The minimum atomic E-state index is -3.93. The molecule has 0 aliphatic heterocycles. The van der Waals surface area contributed by atoms with Gasteiger partial charge in [-0.1, -0.05) is 68.4 Å². The Morgan fingerprint density at radius 3 is 2.16 bits per heavy atom. The van der Waals surface area contributed by atoms with Gasteiger partial charge in [-0.2, -0.15) is 5.10 Å². The number of aryl methyl sites for hydroxylation is 2. The summed E-state index contributed by atoms with van der Waals surface area (Å²) < 4.78 is 29.3. The number of amides is 3. The molecule has 16 heteroatoms. The highest BCUT2D eigenvalue weighted by Gasteiger charge is 2.23. The van der Waals surface area contributed by atoms with Crippen molar-refractivity contribution in [3.63, 3.8) is 0 Å². The normalized spacial score (nSPS) is 11.5. The lowest BCUT2D eigenvalue weighted by Crippen LogP contribution is -2.41. The van der Waals surface area contributed by atoms with Crippen LogP contribution in [0.3, 0.4) is 0 Å². The highest BCUT2D eigenvalue weighted by atomic mass is 32.2. The smallest absolute Gasteiger partial charge is 0.337 e. The summed E-state index contributed by atoms with van der Waals surface area (Å²) in [4.78, 5) is 59.5. The number of H-pyrrole nitrogens is 1. The van der Waals surface area contributed by atoms with Crippen molar-refractivity contribution in [2.45, 2.75) is 70.0 Å². The molecule has 0 radical (unpaired) electrons. The molecule has 6 aromatic rings. The zero-order valence-electron chi connectivity index (χ0n) is 36.0. The van der Waals surface area contributed by atoms with E-state index in [0.717, 1.165) is 55.0 Å². The van der Waals surface area contributed by atoms with Crippen LogP contribution < -0.4 is 15.8 Å². The lowest BCUT2D eigenvalue weighted by Gasteiger charge is -2.32. The number of carbonyl (C=O) groups excluding carboxylic acids is 4. The summed E-state index contributed by atoms with van der Waals surface area (Å²) in [6.07, 6.45) is 6.70. The maximum absolute atomic E-state index is 13.9. The molecule has 0 atom stereocenters. The summed E-state index contributed by atoms with van der Waals surface area (Å²) in [6, 6.07) is 30.1. The van der Waals surface area contributed by atoms with Crippen LogP contribution in [0.4, 0.5) is 11.5 Å². The van der Waals surface area contributed by atoms with Gasteiger partial charge in [-0.3, -0.25) is 24.0 Å². The average Bonchev–Trinajstić information content (AvgIpc) is 3.91. The monoisotopic (exact) mass is 874 g/mol. The second-order valence-electron chi connectivity index (χ2n) is 15.4. The number of hydrogen-bond donors (Lipinski definition) is 4. The number of ether oxygens (including phenoxy) is 1. The van der Waals surface area contributed by atoms with Gasteiger partial charge in [-0.15, -0.1) is 0 Å². The van der Waals surface area contributed by atoms with Crippen LogP contribution in [0, 0.1) is 0 Å². The van der Waals surface area contributed by atoms with E-state index in [4.69, 9.17) is 9.88 Å². The number of sulfonamides is 1. The number of methoxy groups -OCH3 is 1. The SMILES string of the molecule is CCC(CC)N(CCN(C)C(=O)Cn1cc(S(N)(=O)=O)cn1)Cc1cccc(C(=O)Nc2[nH]c3ccccc3c2C(=O)Nc2ccc(CCCc3ccc(C(=O)OC)cc3)cc2)c1. The number of aromatic nitrogens is 3. The summed E-state index contributed by atoms with van der Waals surface area (Å²) in [6.45, 7) is 5.58. The van der Waals surface area contributed by atoms with E-state index in [9.17, 15) is 27.6 Å². The van der Waals surface area contributed by atoms with Crippen LogP contribution in [0.5, 0.6) is 0 Å². The van der Waals surface area contributed by atoms with E-state index in [2.05, 4.69) is 39.5 Å². The van der Waals surface area contributed by atoms with Crippen LogP contribution in [0.1, 0.15) is 80.9 Å². The first-order valence-corrected chi connectivity index (χ1v) is 22.4. The third kappa shape index (κ3) is 12.1. The first-order chi connectivity index (χ1) is 30.3. The summed E-state index contributed by atoms with van der Waals surface area (Å²) in [5.41, 5.74) is 5.73. The number of nitrogens with one attached hydrogen (secondary N) is 3. The zero-order chi connectivity index (χ0) is 45.1. The predicted molar refractivity (Wildman–Crippen MR) is 243 cm³/mol. The molecule has 0 unspecified atom stereocenters. The number of para-hydroxylation sites is 1. The average molecular weight is 875 g/mol. The maximum Gasteiger partial charge on any atom is 0.337 e. The molecule has 0 aliphatic rings. The number of hydrogen-bond acceptors (Lipinski definition) is 9. The molecular weight excluding hydrogens is 821 g/mol. The molecule has 2 heterocycles. The Bertz CT molecular complexity index is 2650. The van der Waals surface area contributed by atoms with Gasteiger partial charge >= 0.3 is 5.97 Å². The van der Waals surface area contributed by atoms with E-state index in [-0.39, 0.29) is 47.0 Å². The minimum absolute atomic E-state index is 0.137. The Morgan fingerprint density at radius 2 is 1.51 bits per heavy atom. The molecule has 15 nitrogen and oxygen atoms in total. The lowest BCUT2D eigenvalue weighted by molar-refractivity contribution is -0.131. The highest BCUT2D eigenvalue weighted by molar-refractivity contribution is 7.89. The van der Waals surface area contributed by atoms with Gasteiger partial charge in [0.15, 0.2) is 0 Å². The van der Waals surface area contributed by atoms with Gasteiger partial charge in [-0.25, -0.2) is 18.4 Å². The molecule has 4 aromatic carbocycles. The van der Waals surface area contributed by atoms with Crippen molar-refractivity contribution in [2.75, 3.05) is 37.9 Å². The van der Waals surface area contributed by atoms with Crippen molar-refractivity contribution in [1.29, 1.82) is 0 Å². The van der Waals surface area contributed by atoms with Crippen LogP contribution in [-0.2, 0) is 45.5 Å². The molecule has 0 aliphatic carbocycles. The molecule has 0 bridgehead atoms. The first kappa shape index (κ1) is 45.9. The number of anilines is 2. The van der Waals surface area contributed by atoms with E-state index in [0.29, 0.717) is 52.9 Å². The highest BCUT2D eigenvalue weighted by Crippen LogP contribution is 2.28. The lowest BCUT2D eigenvalue weighted by atomic mass is 10.0. The van der Waals surface area contributed by atoms with Gasteiger partial charge in [0.2, 0.25) is 15.9 Å². The number of rotatable bonds is 20. The quantitative estimate of drug-likeness (QED) is 0.0608. The number of fused-ring (bicyclic) bond motifs is 1. The van der Waals surface area contributed by atoms with Crippen molar-refractivity contribution in [2.24, 2.45) is 5.14 Å². The van der Waals surface area contributed by atoms with E-state index < -0.39 is 10.0 Å². The van der Waals surface area contributed by atoms with Gasteiger partial charge in [0.05, 0.1) is 24.4 Å². The first-order valence-electron chi connectivity index (χ1n) is 20.9. The fraction of sp³-hybridized carbons (Fsp3) is 0.298. The van der Waals surface area contributed by atoms with Gasteiger partial charge < -0.3 is 25.3 Å². The number of aromatic amines is 1. The van der Waals surface area contributed by atoms with E-state index >= 15 is 0 Å². The topological polar surface area (TPSA) is 202 Å². The Labute approximate surface area is 367 Å². The molecule has 330 valence electrons. The number of nitrogens with two attached hydrogens (primary N) is 1. The Morgan fingerprint density at radius 1 is 0.825 bits per heavy atom. The van der Waals surface area contributed by atoms with Crippen molar-refractivity contribution in [3.05, 3.63) is 143 Å². The summed E-state index contributed by atoms with van der Waals surface area (Å²) in [7, 11) is -0.869. The fourth-order valence-electron chi connectivity index (χ4n) is 7.51. The van der Waals surface area contributed by atoms with E-state index in [1.165, 1.54) is 18.0 Å². The molecule has 5 N–H and O–H groups in total. The van der Waals surface area contributed by atoms with Gasteiger partial charge in [-0.05, 0) is 91.3 Å². The second-order valence-corrected chi connectivity index (χ2v) is 17.0. The third-order valence-corrected chi connectivity index (χ3v) is 12.0. The number of primary sulfonamides is 1. The number of esters is 1. The Kier molecular flexibility index (Phi) is 15.3. The fourth-order valence-corrected chi connectivity index (χ4v) is 7.97. The largest absolute Gasteiger partial charge is 0.465 e. The molecule has 6 rings (SSSR count). The van der Waals surface area contributed by atoms with E-state index in [1.54, 1.807) is 30.1 Å². The van der Waals surface area contributed by atoms with Crippen molar-refractivity contribution in [3.8, 4) is 0 Å². The Balaban J connectivity index is 1.08. The van der Waals surface area contributed by atoms with Crippen LogP contribution >= 0.6 is 0 Å². The van der Waals surface area contributed by atoms with E-state index in [1.807, 2.05) is 78.9 Å². The predicted octanol–water partition coefficient (Wildman–Crippen LogP) is 6.63. The van der Waals surface area contributed by atoms with Crippen LogP contribution in [0.15, 0.2) is 114 Å². The summed E-state index contributed by atoms with van der Waals surface area (Å²) >= 11 is 0. The standard InChI is InChI=1S/C47H54N8O7S/c1-5-38(6-2)54(26-25-53(3)42(56)31-55-30-39(28-49-55)63(48,60)61)29-34-13-10-14-36(27-34)45(57)52-44-43(40-15-7-8-16-41(40)51-44)46(58)50-37-23-19-33(20-24-37)12-9-11-32-17-21-35(22-18-32)47(59)62-4/h7-8,10,13-24,27-28,30,38,51H,5-6,9,11-12,25-26,29,31H2,1-4H3,(H,50,58)(H,52,57)(H2,48,60,61). The van der Waals surface area contributed by atoms with Crippen LogP contribution in [-0.4, -0.2) is 90.0 Å². The maximum atomic E-state index is 13.9. The molecule has 63 heavy (non-hydrogen) atoms. The summed E-state index contributed by atoms with van der Waals surface area (Å²) in [5, 5.41) is 15.8. The Hall–Kier alpha value is -6.62. The van der Waals surface area contributed by atoms with Crippen LogP contribution in [0.2, 0.25) is 0 Å². The molecular formula is C47H54N8O7S. The van der Waals surface area contributed by atoms with Gasteiger partial charge in [0.1, 0.15) is 17.3 Å². The minimum Gasteiger partial charge on any atom is -0.465 e. The van der Waals surface area contributed by atoms with Crippen molar-refractivity contribution >= 4 is 56.1 Å². The molecule has 0 saturated carbocycles. The molecule has 2 aromatic heterocycles. The number of benzene rings is 4. The third-order valence-electron chi connectivity index (χ3n) is 11.1. The molecule has 3 amide bonds. The van der Waals surface area contributed by atoms with Crippen molar-refractivity contribution < 1.29 is 32.3 Å². The molecule has 0 fully saturated rings. The second kappa shape index (κ2) is 21.0. The number of nitrogens with zero attached hydrogens (tertiary/aromatic N) is 4. The van der Waals surface area contributed by atoms with Crippen LogP contribution in [0.25, 0.3) is 10.9 Å². The number of likely N-dealkylation sites (N-methyl/N-ethyl adjacent to an activating group) is 1. The zero-order valence-corrected chi connectivity index (χ0v) is 36.8. The molecule has 0 spiro atoms. The van der Waals surface area contributed by atoms with Crippen molar-refractivity contribution in [1.82, 2.24) is 24.6 Å².